The van der Waals surface area contributed by atoms with Crippen LogP contribution in [0.3, 0.4) is 0 Å². The molecule has 0 aliphatic heterocycles. The highest BCUT2D eigenvalue weighted by Gasteiger charge is 2.19. The number of carbonyl (C=O) groups is 2. The minimum atomic E-state index is -1.07. The molecule has 0 aromatic heterocycles. The molecule has 2 unspecified atom stereocenters. The molecule has 0 saturated heterocycles. The first-order chi connectivity index (χ1) is 5.99. The molecule has 0 bridgehead atoms. The highest BCUT2D eigenvalue weighted by atomic mass is 16.4. The Morgan fingerprint density at radius 3 is 2.46 bits per heavy atom. The average Bonchev–Trinajstić information content (AvgIpc) is 2.11. The van der Waals surface area contributed by atoms with Gasteiger partial charge in [-0.3, -0.25) is 9.59 Å². The van der Waals surface area contributed by atoms with Crippen molar-refractivity contribution in [3.8, 4) is 0 Å². The molecular formula is C8H16N2O3. The van der Waals surface area contributed by atoms with Gasteiger partial charge < -0.3 is 16.2 Å². The van der Waals surface area contributed by atoms with Gasteiger partial charge in [-0.2, -0.15) is 0 Å². The summed E-state index contributed by atoms with van der Waals surface area (Å²) in [6.45, 7) is 3.41. The fraction of sp³-hybridized carbons (Fsp3) is 0.750. The summed E-state index contributed by atoms with van der Waals surface area (Å²) in [6.07, 6.45) is 0.793. The van der Waals surface area contributed by atoms with Crippen molar-refractivity contribution in [1.82, 2.24) is 5.32 Å². The van der Waals surface area contributed by atoms with Crippen LogP contribution in [-0.2, 0) is 9.59 Å². The number of rotatable bonds is 5. The lowest BCUT2D eigenvalue weighted by molar-refractivity contribution is -0.138. The van der Waals surface area contributed by atoms with Gasteiger partial charge >= 0.3 is 5.97 Å². The molecule has 4 N–H and O–H groups in total. The maximum absolute atomic E-state index is 11.1. The molecule has 13 heavy (non-hydrogen) atoms. The molecule has 5 nitrogen and oxygen atoms in total. The van der Waals surface area contributed by atoms with Crippen molar-refractivity contribution < 1.29 is 14.7 Å². The van der Waals surface area contributed by atoms with Gasteiger partial charge in [0, 0.05) is 0 Å². The van der Waals surface area contributed by atoms with Crippen LogP contribution in [0.4, 0.5) is 0 Å². The van der Waals surface area contributed by atoms with E-state index in [1.165, 1.54) is 0 Å². The number of carboxylic acids is 1. The summed E-state index contributed by atoms with van der Waals surface area (Å²) >= 11 is 0. The largest absolute Gasteiger partial charge is 0.480 e. The van der Waals surface area contributed by atoms with Gasteiger partial charge in [0.25, 0.3) is 0 Å². The van der Waals surface area contributed by atoms with Crippen molar-refractivity contribution in [1.29, 1.82) is 0 Å². The molecule has 0 spiro atoms. The Balaban J connectivity index is 3.89. The van der Waals surface area contributed by atoms with Crippen molar-refractivity contribution in [2.45, 2.75) is 26.3 Å². The zero-order chi connectivity index (χ0) is 10.4. The Morgan fingerprint density at radius 1 is 1.54 bits per heavy atom. The second-order valence-electron chi connectivity index (χ2n) is 3.02. The Bertz CT molecular complexity index is 194. The maximum atomic E-state index is 11.1. The minimum Gasteiger partial charge on any atom is -0.480 e. The van der Waals surface area contributed by atoms with Gasteiger partial charge in [0.2, 0.25) is 5.91 Å². The van der Waals surface area contributed by atoms with Gasteiger partial charge in [-0.15, -0.1) is 0 Å². The first-order valence-corrected chi connectivity index (χ1v) is 4.24. The fourth-order valence-electron chi connectivity index (χ4n) is 0.793. The van der Waals surface area contributed by atoms with E-state index in [0.717, 1.165) is 6.42 Å². The number of nitrogens with two attached hydrogens (primary N) is 1. The summed E-state index contributed by atoms with van der Waals surface area (Å²) in [5, 5.41) is 10.5. The van der Waals surface area contributed by atoms with Crippen molar-refractivity contribution in [3.05, 3.63) is 0 Å². The molecule has 0 aromatic rings. The standard InChI is InChI=1S/C8H16N2O3/c1-3-5(2)7(9)8(13)10-4-6(11)12/h5,7H,3-4,9H2,1-2H3,(H,10,13)(H,11,12). The lowest BCUT2D eigenvalue weighted by Gasteiger charge is -2.16. The highest BCUT2D eigenvalue weighted by Crippen LogP contribution is 2.04. The van der Waals surface area contributed by atoms with E-state index >= 15 is 0 Å². The molecule has 5 heteroatoms. The van der Waals surface area contributed by atoms with Crippen LogP contribution in [0.15, 0.2) is 0 Å². The third-order valence-corrected chi connectivity index (χ3v) is 1.97. The average molecular weight is 188 g/mol. The van der Waals surface area contributed by atoms with Crippen LogP contribution in [0.1, 0.15) is 20.3 Å². The SMILES string of the molecule is CCC(C)C(N)C(=O)NCC(=O)O. The molecule has 1 amide bonds. The molecular weight excluding hydrogens is 172 g/mol. The molecule has 76 valence electrons. The smallest absolute Gasteiger partial charge is 0.322 e. The van der Waals surface area contributed by atoms with Crippen LogP contribution >= 0.6 is 0 Å². The summed E-state index contributed by atoms with van der Waals surface area (Å²) < 4.78 is 0. The second kappa shape index (κ2) is 5.53. The lowest BCUT2D eigenvalue weighted by atomic mass is 9.99. The lowest BCUT2D eigenvalue weighted by Crippen LogP contribution is -2.46. The van der Waals surface area contributed by atoms with Gasteiger partial charge in [0.15, 0.2) is 0 Å². The van der Waals surface area contributed by atoms with E-state index < -0.39 is 17.9 Å². The van der Waals surface area contributed by atoms with Crippen LogP contribution in [-0.4, -0.2) is 29.6 Å². The van der Waals surface area contributed by atoms with E-state index in [0.29, 0.717) is 0 Å². The number of carbonyl (C=O) groups excluding carboxylic acids is 1. The highest BCUT2D eigenvalue weighted by molar-refractivity contribution is 5.85. The van der Waals surface area contributed by atoms with E-state index in [1.54, 1.807) is 0 Å². The predicted molar refractivity (Wildman–Crippen MR) is 48.1 cm³/mol. The molecule has 0 radical (unpaired) electrons. The minimum absolute atomic E-state index is 0.0637. The third-order valence-electron chi connectivity index (χ3n) is 1.97. The van der Waals surface area contributed by atoms with Crippen molar-refractivity contribution in [2.75, 3.05) is 6.54 Å². The zero-order valence-electron chi connectivity index (χ0n) is 7.91. The fourth-order valence-corrected chi connectivity index (χ4v) is 0.793. The molecule has 0 heterocycles. The first kappa shape index (κ1) is 11.9. The Morgan fingerprint density at radius 2 is 2.08 bits per heavy atom. The first-order valence-electron chi connectivity index (χ1n) is 4.24. The van der Waals surface area contributed by atoms with Crippen LogP contribution in [0.2, 0.25) is 0 Å². The van der Waals surface area contributed by atoms with Crippen LogP contribution in [0.25, 0.3) is 0 Å². The monoisotopic (exact) mass is 188 g/mol. The summed E-state index contributed by atoms with van der Waals surface area (Å²) in [5.41, 5.74) is 5.55. The van der Waals surface area contributed by atoms with E-state index in [9.17, 15) is 9.59 Å². The van der Waals surface area contributed by atoms with Gasteiger partial charge in [-0.25, -0.2) is 0 Å². The number of nitrogens with one attached hydrogen (secondary N) is 1. The molecule has 2 atom stereocenters. The number of hydrogen-bond donors (Lipinski definition) is 3. The number of carboxylic acid groups (broad SMARTS) is 1. The van der Waals surface area contributed by atoms with E-state index in [-0.39, 0.29) is 12.5 Å². The van der Waals surface area contributed by atoms with Crippen LogP contribution in [0.5, 0.6) is 0 Å². The van der Waals surface area contributed by atoms with E-state index in [4.69, 9.17) is 10.8 Å². The van der Waals surface area contributed by atoms with E-state index in [1.807, 2.05) is 13.8 Å². The summed E-state index contributed by atoms with van der Waals surface area (Å²) in [4.78, 5) is 21.3. The predicted octanol–water partition coefficient (Wildman–Crippen LogP) is -0.439. The molecule has 0 aromatic carbocycles. The summed E-state index contributed by atoms with van der Waals surface area (Å²) in [5.74, 6) is -1.41. The Labute approximate surface area is 77.3 Å². The normalized spacial score (nSPS) is 14.7. The van der Waals surface area contributed by atoms with E-state index in [2.05, 4.69) is 5.32 Å². The third kappa shape index (κ3) is 4.47. The van der Waals surface area contributed by atoms with Crippen LogP contribution < -0.4 is 11.1 Å². The van der Waals surface area contributed by atoms with Crippen molar-refractivity contribution >= 4 is 11.9 Å². The topological polar surface area (TPSA) is 92.4 Å². The zero-order valence-corrected chi connectivity index (χ0v) is 7.91. The number of amides is 1. The number of hydrogen-bond acceptors (Lipinski definition) is 3. The molecule has 0 saturated carbocycles. The summed E-state index contributed by atoms with van der Waals surface area (Å²) in [6, 6.07) is -0.621. The van der Waals surface area contributed by atoms with Crippen LogP contribution in [0, 0.1) is 5.92 Å². The Hall–Kier alpha value is -1.10. The molecule has 0 aliphatic rings. The summed E-state index contributed by atoms with van der Waals surface area (Å²) in [7, 11) is 0. The quantitative estimate of drug-likeness (QED) is 0.545. The van der Waals surface area contributed by atoms with Crippen molar-refractivity contribution in [3.63, 3.8) is 0 Å². The Kier molecular flexibility index (Phi) is 5.06. The molecule has 0 rings (SSSR count). The molecule has 0 fully saturated rings. The van der Waals surface area contributed by atoms with Gasteiger partial charge in [0.1, 0.15) is 6.54 Å². The molecule has 0 aliphatic carbocycles. The van der Waals surface area contributed by atoms with Gasteiger partial charge in [-0.05, 0) is 5.92 Å². The second-order valence-corrected chi connectivity index (χ2v) is 3.02. The number of aliphatic carboxylic acids is 1. The van der Waals surface area contributed by atoms with Gasteiger partial charge in [-0.1, -0.05) is 20.3 Å². The van der Waals surface area contributed by atoms with Gasteiger partial charge in [0.05, 0.1) is 6.04 Å². The maximum Gasteiger partial charge on any atom is 0.322 e. The van der Waals surface area contributed by atoms with Crippen molar-refractivity contribution in [2.24, 2.45) is 11.7 Å².